The first-order valence-corrected chi connectivity index (χ1v) is 5.48. The number of rotatable bonds is 7. The van der Waals surface area contributed by atoms with Gasteiger partial charge in [0.2, 0.25) is 0 Å². The smallest absolute Gasteiger partial charge is 0.100 e. The molecule has 0 bridgehead atoms. The van der Waals surface area contributed by atoms with Crippen LogP contribution in [0.25, 0.3) is 0 Å². The van der Waals surface area contributed by atoms with E-state index in [1.165, 1.54) is 0 Å². The predicted molar refractivity (Wildman–Crippen MR) is 56.5 cm³/mol. The molecule has 13 heavy (non-hydrogen) atoms. The lowest BCUT2D eigenvalue weighted by molar-refractivity contribution is 0.157. The van der Waals surface area contributed by atoms with Crippen molar-refractivity contribution in [3.05, 3.63) is 0 Å². The highest BCUT2D eigenvalue weighted by molar-refractivity contribution is 4.81. The first-order chi connectivity index (χ1) is 6.14. The van der Waals surface area contributed by atoms with Gasteiger partial charge < -0.3 is 5.73 Å². The van der Waals surface area contributed by atoms with Crippen LogP contribution in [0.15, 0.2) is 0 Å². The van der Waals surface area contributed by atoms with Gasteiger partial charge in [0.1, 0.15) is 6.17 Å². The third-order valence-electron chi connectivity index (χ3n) is 3.06. The van der Waals surface area contributed by atoms with Crippen LogP contribution in [0.3, 0.4) is 0 Å². The summed E-state index contributed by atoms with van der Waals surface area (Å²) < 4.78 is 13.3. The summed E-state index contributed by atoms with van der Waals surface area (Å²) in [6, 6.07) is 0. The third-order valence-corrected chi connectivity index (χ3v) is 3.06. The predicted octanol–water partition coefficient (Wildman–Crippen LogP) is 3.28. The van der Waals surface area contributed by atoms with Gasteiger partial charge in [0.05, 0.1) is 0 Å². The van der Waals surface area contributed by atoms with E-state index in [1.807, 2.05) is 6.92 Å². The molecular weight excluding hydrogens is 165 g/mol. The van der Waals surface area contributed by atoms with Gasteiger partial charge >= 0.3 is 0 Å². The number of hydrogen-bond donors (Lipinski definition) is 1. The molecular formula is C11H24FN. The van der Waals surface area contributed by atoms with Gasteiger partial charge in [-0.15, -0.1) is 0 Å². The summed E-state index contributed by atoms with van der Waals surface area (Å²) in [7, 11) is 0. The van der Waals surface area contributed by atoms with Crippen molar-refractivity contribution in [2.24, 2.45) is 11.1 Å². The van der Waals surface area contributed by atoms with E-state index in [0.717, 1.165) is 19.3 Å². The van der Waals surface area contributed by atoms with E-state index in [0.29, 0.717) is 19.4 Å². The maximum absolute atomic E-state index is 13.3. The third kappa shape index (κ3) is 4.08. The molecule has 2 unspecified atom stereocenters. The average molecular weight is 189 g/mol. The van der Waals surface area contributed by atoms with Crippen LogP contribution in [0.2, 0.25) is 0 Å². The largest absolute Gasteiger partial charge is 0.330 e. The van der Waals surface area contributed by atoms with Gasteiger partial charge in [0.15, 0.2) is 0 Å². The fourth-order valence-corrected chi connectivity index (χ4v) is 1.90. The van der Waals surface area contributed by atoms with Crippen LogP contribution in [0.5, 0.6) is 0 Å². The highest BCUT2D eigenvalue weighted by Crippen LogP contribution is 2.33. The van der Waals surface area contributed by atoms with E-state index in [4.69, 9.17) is 5.73 Å². The van der Waals surface area contributed by atoms with Gasteiger partial charge in [-0.25, -0.2) is 4.39 Å². The molecule has 0 aliphatic carbocycles. The van der Waals surface area contributed by atoms with Crippen LogP contribution in [0.4, 0.5) is 4.39 Å². The molecule has 0 amide bonds. The highest BCUT2D eigenvalue weighted by Gasteiger charge is 2.28. The minimum absolute atomic E-state index is 0.0597. The van der Waals surface area contributed by atoms with E-state index in [-0.39, 0.29) is 5.41 Å². The molecule has 0 aromatic rings. The Bertz CT molecular complexity index is 121. The van der Waals surface area contributed by atoms with E-state index < -0.39 is 6.17 Å². The summed E-state index contributed by atoms with van der Waals surface area (Å²) in [6.07, 6.45) is 3.74. The first kappa shape index (κ1) is 12.9. The molecule has 0 heterocycles. The quantitative estimate of drug-likeness (QED) is 0.653. The maximum Gasteiger partial charge on any atom is 0.100 e. The molecule has 0 aliphatic rings. The molecule has 80 valence electrons. The van der Waals surface area contributed by atoms with Crippen molar-refractivity contribution in [2.75, 3.05) is 6.54 Å². The molecule has 0 rings (SSSR count). The Morgan fingerprint density at radius 1 is 1.31 bits per heavy atom. The minimum atomic E-state index is -0.671. The van der Waals surface area contributed by atoms with E-state index in [2.05, 4.69) is 13.8 Å². The Hall–Kier alpha value is -0.110. The Morgan fingerprint density at radius 2 is 1.92 bits per heavy atom. The molecule has 0 saturated carbocycles. The maximum atomic E-state index is 13.3. The SMILES string of the molecule is CCCC(CC)(CN)CC(F)CC. The first-order valence-electron chi connectivity index (χ1n) is 5.48. The van der Waals surface area contributed by atoms with Crippen LogP contribution in [-0.2, 0) is 0 Å². The van der Waals surface area contributed by atoms with Gasteiger partial charge in [0.25, 0.3) is 0 Å². The van der Waals surface area contributed by atoms with Crippen molar-refractivity contribution < 1.29 is 4.39 Å². The standard InChI is InChI=1S/C11H24FN/c1-4-7-11(6-3,9-13)8-10(12)5-2/h10H,4-9,13H2,1-3H3. The van der Waals surface area contributed by atoms with Gasteiger partial charge in [-0.3, -0.25) is 0 Å². The fourth-order valence-electron chi connectivity index (χ4n) is 1.90. The topological polar surface area (TPSA) is 26.0 Å². The summed E-state index contributed by atoms with van der Waals surface area (Å²) in [5.74, 6) is 0. The molecule has 2 atom stereocenters. The molecule has 0 aliphatic heterocycles. The second-order valence-electron chi connectivity index (χ2n) is 4.02. The molecule has 0 aromatic carbocycles. The van der Waals surface area contributed by atoms with Crippen molar-refractivity contribution in [2.45, 2.75) is 59.0 Å². The minimum Gasteiger partial charge on any atom is -0.330 e. The van der Waals surface area contributed by atoms with Crippen molar-refractivity contribution in [3.8, 4) is 0 Å². The lowest BCUT2D eigenvalue weighted by Gasteiger charge is -2.32. The van der Waals surface area contributed by atoms with Crippen molar-refractivity contribution in [1.82, 2.24) is 0 Å². The molecule has 0 fully saturated rings. The zero-order chi connectivity index (χ0) is 10.3. The van der Waals surface area contributed by atoms with Gasteiger partial charge in [-0.05, 0) is 37.6 Å². The Morgan fingerprint density at radius 3 is 2.23 bits per heavy atom. The van der Waals surface area contributed by atoms with Crippen molar-refractivity contribution in [1.29, 1.82) is 0 Å². The molecule has 0 radical (unpaired) electrons. The van der Waals surface area contributed by atoms with Crippen LogP contribution < -0.4 is 5.73 Å². The Labute approximate surface area is 81.9 Å². The van der Waals surface area contributed by atoms with E-state index in [1.54, 1.807) is 0 Å². The number of alkyl halides is 1. The zero-order valence-corrected chi connectivity index (χ0v) is 9.28. The van der Waals surface area contributed by atoms with Crippen LogP contribution >= 0.6 is 0 Å². The number of halogens is 1. The number of hydrogen-bond acceptors (Lipinski definition) is 1. The van der Waals surface area contributed by atoms with Gasteiger partial charge in [-0.2, -0.15) is 0 Å². The second-order valence-corrected chi connectivity index (χ2v) is 4.02. The monoisotopic (exact) mass is 189 g/mol. The highest BCUT2D eigenvalue weighted by atomic mass is 19.1. The molecule has 0 aromatic heterocycles. The van der Waals surface area contributed by atoms with E-state index in [9.17, 15) is 4.39 Å². The molecule has 0 spiro atoms. The molecule has 0 saturated heterocycles. The summed E-state index contributed by atoms with van der Waals surface area (Å²) in [6.45, 7) is 6.77. The second kappa shape index (κ2) is 6.36. The molecule has 2 heteroatoms. The number of nitrogens with two attached hydrogens (primary N) is 1. The van der Waals surface area contributed by atoms with E-state index >= 15 is 0 Å². The van der Waals surface area contributed by atoms with Crippen molar-refractivity contribution in [3.63, 3.8) is 0 Å². The van der Waals surface area contributed by atoms with Gasteiger partial charge in [0, 0.05) is 0 Å². The van der Waals surface area contributed by atoms with Gasteiger partial charge in [-0.1, -0.05) is 27.2 Å². The van der Waals surface area contributed by atoms with Crippen LogP contribution in [0.1, 0.15) is 52.9 Å². The lowest BCUT2D eigenvalue weighted by Crippen LogP contribution is -2.32. The Balaban J connectivity index is 4.19. The fraction of sp³-hybridized carbons (Fsp3) is 1.00. The normalized spacial score (nSPS) is 18.2. The summed E-state index contributed by atoms with van der Waals surface area (Å²) in [5.41, 5.74) is 5.80. The summed E-state index contributed by atoms with van der Waals surface area (Å²) in [4.78, 5) is 0. The summed E-state index contributed by atoms with van der Waals surface area (Å²) in [5, 5.41) is 0. The zero-order valence-electron chi connectivity index (χ0n) is 9.28. The summed E-state index contributed by atoms with van der Waals surface area (Å²) >= 11 is 0. The van der Waals surface area contributed by atoms with Crippen LogP contribution in [0, 0.1) is 5.41 Å². The lowest BCUT2D eigenvalue weighted by atomic mass is 9.76. The van der Waals surface area contributed by atoms with Crippen molar-refractivity contribution >= 4 is 0 Å². The van der Waals surface area contributed by atoms with Crippen LogP contribution in [-0.4, -0.2) is 12.7 Å². The Kier molecular flexibility index (Phi) is 6.31. The average Bonchev–Trinajstić information content (AvgIpc) is 2.17. The molecule has 1 nitrogen and oxygen atoms in total. The molecule has 2 N–H and O–H groups in total.